The molecule has 1 aliphatic rings. The fourth-order valence-corrected chi connectivity index (χ4v) is 3.86. The molecule has 3 rings (SSSR count). The molecule has 0 aliphatic heterocycles. The zero-order chi connectivity index (χ0) is 15.9. The van der Waals surface area contributed by atoms with Crippen LogP contribution in [0.15, 0.2) is 32.2 Å². The van der Waals surface area contributed by atoms with Crippen molar-refractivity contribution in [2.45, 2.75) is 23.7 Å². The van der Waals surface area contributed by atoms with Gasteiger partial charge in [-0.05, 0) is 52.1 Å². The molecule has 1 heterocycles. The molecule has 1 atom stereocenters. The lowest BCUT2D eigenvalue weighted by molar-refractivity contribution is 0.103. The van der Waals surface area contributed by atoms with Crippen LogP contribution in [0.5, 0.6) is 5.75 Å². The second kappa shape index (κ2) is 6.06. The van der Waals surface area contributed by atoms with Gasteiger partial charge in [0.15, 0.2) is 22.2 Å². The normalized spacial score (nSPS) is 15.6. The Bertz CT molecular complexity index is 724. The summed E-state index contributed by atoms with van der Waals surface area (Å²) in [5, 5.41) is 3.76. The Hall–Kier alpha value is -1.31. The smallest absolute Gasteiger partial charge is 0.199 e. The third-order valence-electron chi connectivity index (χ3n) is 3.61. The molecule has 0 bridgehead atoms. The Morgan fingerprint density at radius 1 is 1.45 bits per heavy atom. The van der Waals surface area contributed by atoms with Crippen molar-refractivity contribution in [3.63, 3.8) is 0 Å². The van der Waals surface area contributed by atoms with Crippen LogP contribution in [0.2, 0.25) is 0 Å². The summed E-state index contributed by atoms with van der Waals surface area (Å²) in [5.74, 6) is 1.18. The summed E-state index contributed by atoms with van der Waals surface area (Å²) >= 11 is 2.18. The number of hydrogen-bond donors (Lipinski definition) is 0. The Labute approximate surface area is 139 Å². The Kier molecular flexibility index (Phi) is 4.29. The zero-order valence-electron chi connectivity index (χ0n) is 12.1. The molecule has 0 N–H and O–H groups in total. The highest BCUT2D eigenvalue weighted by molar-refractivity contribution is 9.10. The van der Waals surface area contributed by atoms with Gasteiger partial charge in [-0.3, -0.25) is 4.79 Å². The van der Waals surface area contributed by atoms with E-state index in [0.29, 0.717) is 37.9 Å². The molecule has 7 heteroatoms. The van der Waals surface area contributed by atoms with Crippen molar-refractivity contribution >= 4 is 32.9 Å². The fourth-order valence-electron chi connectivity index (χ4n) is 2.33. The van der Waals surface area contributed by atoms with Gasteiger partial charge in [0, 0.05) is 11.5 Å². The number of ether oxygens (including phenoxy) is 1. The second-order valence-corrected chi connectivity index (χ2v) is 7.26. The molecule has 0 amide bonds. The largest absolute Gasteiger partial charge is 0.612 e. The molecule has 1 unspecified atom stereocenters. The SMILES string of the molecule is COc1c([S+](C)[O-])ccc(C(=O)c2cnoc2C2CC2)c1Br. The number of nitrogens with zero attached hydrogens (tertiary/aromatic N) is 1. The minimum Gasteiger partial charge on any atom is -0.612 e. The van der Waals surface area contributed by atoms with Crippen LogP contribution in [0.4, 0.5) is 0 Å². The van der Waals surface area contributed by atoms with Gasteiger partial charge in [-0.25, -0.2) is 0 Å². The van der Waals surface area contributed by atoms with E-state index in [2.05, 4.69) is 21.1 Å². The highest BCUT2D eigenvalue weighted by Crippen LogP contribution is 2.43. The third kappa shape index (κ3) is 2.68. The van der Waals surface area contributed by atoms with Crippen LogP contribution in [0, 0.1) is 0 Å². The quantitative estimate of drug-likeness (QED) is 0.584. The van der Waals surface area contributed by atoms with E-state index in [-0.39, 0.29) is 5.78 Å². The molecule has 22 heavy (non-hydrogen) atoms. The predicted molar refractivity (Wildman–Crippen MR) is 84.9 cm³/mol. The molecule has 2 aromatic rings. The first-order chi connectivity index (χ1) is 10.5. The van der Waals surface area contributed by atoms with E-state index in [1.807, 2.05) is 0 Å². The highest BCUT2D eigenvalue weighted by Gasteiger charge is 2.33. The number of halogens is 1. The van der Waals surface area contributed by atoms with Gasteiger partial charge in [0.2, 0.25) is 0 Å². The molecule has 0 radical (unpaired) electrons. The number of aromatic nitrogens is 1. The first kappa shape index (κ1) is 15.6. The number of carbonyl (C=O) groups excluding carboxylic acids is 1. The monoisotopic (exact) mass is 383 g/mol. The molecule has 0 saturated heterocycles. The summed E-state index contributed by atoms with van der Waals surface area (Å²) in [4.78, 5) is 13.3. The van der Waals surface area contributed by atoms with E-state index in [9.17, 15) is 9.35 Å². The van der Waals surface area contributed by atoms with Gasteiger partial charge in [0.25, 0.3) is 0 Å². The summed E-state index contributed by atoms with van der Waals surface area (Å²) in [6, 6.07) is 3.30. The molecule has 1 aromatic heterocycles. The van der Waals surface area contributed by atoms with Crippen molar-refractivity contribution in [3.8, 4) is 5.75 Å². The summed E-state index contributed by atoms with van der Waals surface area (Å²) < 4.78 is 22.8. The molecular formula is C15H14BrNO4S. The molecule has 116 valence electrons. The van der Waals surface area contributed by atoms with Crippen LogP contribution in [-0.4, -0.2) is 28.9 Å². The van der Waals surface area contributed by atoms with E-state index in [1.165, 1.54) is 13.3 Å². The van der Waals surface area contributed by atoms with Crippen LogP contribution in [0.25, 0.3) is 0 Å². The lowest BCUT2D eigenvalue weighted by Gasteiger charge is -2.13. The van der Waals surface area contributed by atoms with Crippen molar-refractivity contribution in [1.82, 2.24) is 5.16 Å². The summed E-state index contributed by atoms with van der Waals surface area (Å²) in [6.45, 7) is 0. The minimum atomic E-state index is -1.21. The van der Waals surface area contributed by atoms with Gasteiger partial charge in [0.1, 0.15) is 6.26 Å². The standard InChI is InChI=1S/C15H14BrNO4S/c1-20-15-11(22(2)19)6-5-9(12(15)16)13(18)10-7-17-21-14(10)8-3-4-8/h5-8H,3-4H2,1-2H3. The van der Waals surface area contributed by atoms with Gasteiger partial charge in [-0.1, -0.05) is 5.16 Å². The van der Waals surface area contributed by atoms with E-state index >= 15 is 0 Å². The lowest BCUT2D eigenvalue weighted by atomic mass is 10.0. The van der Waals surface area contributed by atoms with E-state index in [1.54, 1.807) is 18.4 Å². The lowest BCUT2D eigenvalue weighted by Crippen LogP contribution is -2.08. The molecule has 5 nitrogen and oxygen atoms in total. The molecule has 0 spiro atoms. The number of hydrogen-bond acceptors (Lipinski definition) is 5. The first-order valence-corrected chi connectivity index (χ1v) is 9.09. The third-order valence-corrected chi connectivity index (χ3v) is 5.34. The zero-order valence-corrected chi connectivity index (χ0v) is 14.5. The van der Waals surface area contributed by atoms with Crippen LogP contribution < -0.4 is 4.74 Å². The topological polar surface area (TPSA) is 75.4 Å². The van der Waals surface area contributed by atoms with Crippen LogP contribution in [0.1, 0.15) is 40.4 Å². The predicted octanol–water partition coefficient (Wildman–Crippen LogP) is 3.29. The fraction of sp³-hybridized carbons (Fsp3) is 0.333. The van der Waals surface area contributed by atoms with E-state index < -0.39 is 11.2 Å². The van der Waals surface area contributed by atoms with Crippen molar-refractivity contribution in [1.29, 1.82) is 0 Å². The highest BCUT2D eigenvalue weighted by atomic mass is 79.9. The number of benzene rings is 1. The minimum absolute atomic E-state index is 0.179. The molecule has 1 aliphatic carbocycles. The van der Waals surface area contributed by atoms with Gasteiger partial charge in [-0.2, -0.15) is 0 Å². The average molecular weight is 384 g/mol. The summed E-state index contributed by atoms with van der Waals surface area (Å²) in [7, 11) is 1.49. The molecule has 1 saturated carbocycles. The molecule has 1 fully saturated rings. The number of rotatable bonds is 5. The molecular weight excluding hydrogens is 370 g/mol. The maximum Gasteiger partial charge on any atom is 0.199 e. The van der Waals surface area contributed by atoms with Crippen molar-refractivity contribution in [2.75, 3.05) is 13.4 Å². The van der Waals surface area contributed by atoms with Crippen molar-refractivity contribution in [2.24, 2.45) is 0 Å². The first-order valence-electron chi connectivity index (χ1n) is 6.73. The number of methoxy groups -OCH3 is 1. The van der Waals surface area contributed by atoms with Crippen LogP contribution in [-0.2, 0) is 11.2 Å². The average Bonchev–Trinajstić information content (AvgIpc) is 3.23. The Morgan fingerprint density at radius 2 is 2.18 bits per heavy atom. The second-order valence-electron chi connectivity index (χ2n) is 5.12. The number of ketones is 1. The molecule has 1 aromatic carbocycles. The van der Waals surface area contributed by atoms with Crippen LogP contribution >= 0.6 is 15.9 Å². The van der Waals surface area contributed by atoms with Crippen LogP contribution in [0.3, 0.4) is 0 Å². The van der Waals surface area contributed by atoms with Gasteiger partial charge in [0.05, 0.1) is 23.3 Å². The van der Waals surface area contributed by atoms with E-state index in [0.717, 1.165) is 12.8 Å². The Balaban J connectivity index is 2.04. The van der Waals surface area contributed by atoms with Gasteiger partial charge in [-0.15, -0.1) is 0 Å². The summed E-state index contributed by atoms with van der Waals surface area (Å²) in [5.41, 5.74) is 0.923. The van der Waals surface area contributed by atoms with Gasteiger partial charge < -0.3 is 13.8 Å². The van der Waals surface area contributed by atoms with Crippen molar-refractivity contribution < 1.29 is 18.6 Å². The maximum absolute atomic E-state index is 12.8. The van der Waals surface area contributed by atoms with E-state index in [4.69, 9.17) is 9.26 Å². The Morgan fingerprint density at radius 3 is 2.77 bits per heavy atom. The van der Waals surface area contributed by atoms with Gasteiger partial charge >= 0.3 is 0 Å². The summed E-state index contributed by atoms with van der Waals surface area (Å²) in [6.07, 6.45) is 5.07. The number of carbonyl (C=O) groups is 1. The van der Waals surface area contributed by atoms with Crippen molar-refractivity contribution in [3.05, 3.63) is 39.7 Å². The maximum atomic E-state index is 12.8.